The molecule has 22 heavy (non-hydrogen) atoms. The zero-order valence-corrected chi connectivity index (χ0v) is 13.6. The Hall–Kier alpha value is -1.39. The smallest absolute Gasteiger partial charge is 0.264 e. The minimum Gasteiger partial charge on any atom is -0.337 e. The van der Waals surface area contributed by atoms with Crippen LogP contribution in [0.25, 0.3) is 10.1 Å². The number of fused-ring (bicyclic) bond motifs is 1. The number of carbonyl (C=O) groups excluding carboxylic acids is 1. The summed E-state index contributed by atoms with van der Waals surface area (Å²) in [6, 6.07) is 11.1. The molecule has 1 aliphatic carbocycles. The van der Waals surface area contributed by atoms with E-state index in [9.17, 15) is 4.79 Å². The van der Waals surface area contributed by atoms with Crippen LogP contribution >= 0.6 is 11.3 Å². The third kappa shape index (κ3) is 2.66. The fourth-order valence-electron chi connectivity index (χ4n) is 3.50. The summed E-state index contributed by atoms with van der Waals surface area (Å²) in [5.41, 5.74) is 0. The van der Waals surface area contributed by atoms with Crippen molar-refractivity contribution in [2.24, 2.45) is 0 Å². The molecule has 4 rings (SSSR count). The normalized spacial score (nSPS) is 20.8. The van der Waals surface area contributed by atoms with Gasteiger partial charge in [0.1, 0.15) is 0 Å². The van der Waals surface area contributed by atoms with Gasteiger partial charge < -0.3 is 4.90 Å². The second-order valence-corrected chi connectivity index (χ2v) is 7.50. The minimum absolute atomic E-state index is 0.219. The van der Waals surface area contributed by atoms with Gasteiger partial charge in [-0.1, -0.05) is 24.6 Å². The van der Waals surface area contributed by atoms with Gasteiger partial charge in [-0.2, -0.15) is 0 Å². The van der Waals surface area contributed by atoms with Crippen molar-refractivity contribution in [1.82, 2.24) is 9.80 Å². The van der Waals surface area contributed by atoms with Crippen molar-refractivity contribution in [1.29, 1.82) is 0 Å². The van der Waals surface area contributed by atoms with Crippen molar-refractivity contribution in [3.63, 3.8) is 0 Å². The van der Waals surface area contributed by atoms with E-state index >= 15 is 0 Å². The Bertz CT molecular complexity index is 644. The molecule has 0 atom stereocenters. The van der Waals surface area contributed by atoms with Gasteiger partial charge in [-0.25, -0.2) is 0 Å². The topological polar surface area (TPSA) is 23.6 Å². The summed E-state index contributed by atoms with van der Waals surface area (Å²) < 4.78 is 1.21. The summed E-state index contributed by atoms with van der Waals surface area (Å²) in [6.07, 6.45) is 5.19. The van der Waals surface area contributed by atoms with Gasteiger partial charge in [0.15, 0.2) is 0 Å². The lowest BCUT2D eigenvalue weighted by Gasteiger charge is -2.36. The van der Waals surface area contributed by atoms with E-state index in [1.807, 2.05) is 12.1 Å². The van der Waals surface area contributed by atoms with Crippen LogP contribution in [0.4, 0.5) is 0 Å². The molecule has 2 aliphatic rings. The monoisotopic (exact) mass is 314 g/mol. The van der Waals surface area contributed by atoms with Gasteiger partial charge in [0, 0.05) is 36.9 Å². The van der Waals surface area contributed by atoms with Gasteiger partial charge in [0.25, 0.3) is 5.91 Å². The van der Waals surface area contributed by atoms with Gasteiger partial charge in [-0.05, 0) is 36.8 Å². The zero-order valence-electron chi connectivity index (χ0n) is 12.8. The molecule has 0 N–H and O–H groups in total. The SMILES string of the molecule is O=C(c1cc2ccccc2s1)N1CCCN(C2CCC2)CC1. The lowest BCUT2D eigenvalue weighted by Crippen LogP contribution is -2.42. The second-order valence-electron chi connectivity index (χ2n) is 6.41. The summed E-state index contributed by atoms with van der Waals surface area (Å²) in [7, 11) is 0. The van der Waals surface area contributed by atoms with Crippen molar-refractivity contribution in [3.05, 3.63) is 35.2 Å². The Kier molecular flexibility index (Phi) is 3.89. The lowest BCUT2D eigenvalue weighted by atomic mass is 9.91. The van der Waals surface area contributed by atoms with Crippen LogP contribution in [-0.2, 0) is 0 Å². The van der Waals surface area contributed by atoms with Gasteiger partial charge in [-0.3, -0.25) is 9.69 Å². The largest absolute Gasteiger partial charge is 0.337 e. The molecule has 1 saturated heterocycles. The van der Waals surface area contributed by atoms with Gasteiger partial charge >= 0.3 is 0 Å². The molecule has 1 aliphatic heterocycles. The molecule has 2 aromatic rings. The number of hydrogen-bond donors (Lipinski definition) is 0. The molecule has 0 radical (unpaired) electrons. The lowest BCUT2D eigenvalue weighted by molar-refractivity contribution is 0.0754. The highest BCUT2D eigenvalue weighted by atomic mass is 32.1. The van der Waals surface area contributed by atoms with Crippen LogP contribution in [0.3, 0.4) is 0 Å². The van der Waals surface area contributed by atoms with Crippen LogP contribution in [-0.4, -0.2) is 47.9 Å². The van der Waals surface area contributed by atoms with Crippen LogP contribution in [0, 0.1) is 0 Å². The van der Waals surface area contributed by atoms with Gasteiger partial charge in [-0.15, -0.1) is 11.3 Å². The third-order valence-corrected chi connectivity index (χ3v) is 6.15. The van der Waals surface area contributed by atoms with E-state index in [4.69, 9.17) is 0 Å². The zero-order chi connectivity index (χ0) is 14.9. The van der Waals surface area contributed by atoms with E-state index in [2.05, 4.69) is 28.0 Å². The molecule has 1 aromatic carbocycles. The van der Waals surface area contributed by atoms with Crippen LogP contribution in [0.2, 0.25) is 0 Å². The quantitative estimate of drug-likeness (QED) is 0.845. The summed E-state index contributed by atoms with van der Waals surface area (Å²) in [5.74, 6) is 0.219. The first-order valence-electron chi connectivity index (χ1n) is 8.33. The minimum atomic E-state index is 0.219. The standard InChI is InChI=1S/C18H22N2OS/c21-18(17-13-14-5-1-2-8-16(14)22-17)20-10-4-9-19(11-12-20)15-6-3-7-15/h1-2,5,8,13,15H,3-4,6-7,9-12H2. The Morgan fingerprint density at radius 2 is 1.91 bits per heavy atom. The predicted octanol–water partition coefficient (Wildman–Crippen LogP) is 3.60. The molecule has 2 heterocycles. The molecule has 0 unspecified atom stereocenters. The number of benzene rings is 1. The number of rotatable bonds is 2. The van der Waals surface area contributed by atoms with Crippen LogP contribution in [0.1, 0.15) is 35.4 Å². The molecular weight excluding hydrogens is 292 g/mol. The van der Waals surface area contributed by atoms with E-state index in [1.165, 1.54) is 29.3 Å². The van der Waals surface area contributed by atoms with Crippen LogP contribution in [0.5, 0.6) is 0 Å². The number of nitrogens with zero attached hydrogens (tertiary/aromatic N) is 2. The maximum Gasteiger partial charge on any atom is 0.264 e. The van der Waals surface area contributed by atoms with Crippen molar-refractivity contribution in [3.8, 4) is 0 Å². The Morgan fingerprint density at radius 1 is 1.05 bits per heavy atom. The number of thiophene rings is 1. The second kappa shape index (κ2) is 6.01. The predicted molar refractivity (Wildman–Crippen MR) is 91.6 cm³/mol. The van der Waals surface area contributed by atoms with Crippen LogP contribution in [0.15, 0.2) is 30.3 Å². The first-order valence-corrected chi connectivity index (χ1v) is 9.15. The molecule has 4 heteroatoms. The Balaban J connectivity index is 1.47. The fraction of sp³-hybridized carbons (Fsp3) is 0.500. The average Bonchev–Trinajstić information content (AvgIpc) is 2.78. The maximum atomic E-state index is 12.8. The number of amides is 1. The summed E-state index contributed by atoms with van der Waals surface area (Å²) in [5, 5.41) is 1.18. The number of carbonyl (C=O) groups is 1. The summed E-state index contributed by atoms with van der Waals surface area (Å²) in [6.45, 7) is 3.97. The molecule has 1 aromatic heterocycles. The Labute approximate surface area is 135 Å². The molecular formula is C18H22N2OS. The fourth-order valence-corrected chi connectivity index (χ4v) is 4.53. The molecule has 2 fully saturated rings. The third-order valence-electron chi connectivity index (χ3n) is 5.05. The first kappa shape index (κ1) is 14.2. The van der Waals surface area contributed by atoms with Crippen molar-refractivity contribution < 1.29 is 4.79 Å². The molecule has 1 amide bonds. The molecule has 0 bridgehead atoms. The van der Waals surface area contributed by atoms with E-state index in [-0.39, 0.29) is 5.91 Å². The molecule has 3 nitrogen and oxygen atoms in total. The Morgan fingerprint density at radius 3 is 2.68 bits per heavy atom. The van der Waals surface area contributed by atoms with Gasteiger partial charge in [0.2, 0.25) is 0 Å². The highest BCUT2D eigenvalue weighted by Gasteiger charge is 2.28. The highest BCUT2D eigenvalue weighted by Crippen LogP contribution is 2.28. The van der Waals surface area contributed by atoms with E-state index in [0.717, 1.165) is 43.5 Å². The van der Waals surface area contributed by atoms with E-state index in [1.54, 1.807) is 11.3 Å². The summed E-state index contributed by atoms with van der Waals surface area (Å²) in [4.78, 5) is 18.3. The summed E-state index contributed by atoms with van der Waals surface area (Å²) >= 11 is 1.62. The first-order chi connectivity index (χ1) is 10.8. The maximum absolute atomic E-state index is 12.8. The van der Waals surface area contributed by atoms with E-state index < -0.39 is 0 Å². The van der Waals surface area contributed by atoms with Crippen molar-refractivity contribution in [2.45, 2.75) is 31.7 Å². The number of hydrogen-bond acceptors (Lipinski definition) is 3. The van der Waals surface area contributed by atoms with Crippen molar-refractivity contribution in [2.75, 3.05) is 26.2 Å². The molecule has 116 valence electrons. The van der Waals surface area contributed by atoms with Crippen LogP contribution < -0.4 is 0 Å². The highest BCUT2D eigenvalue weighted by molar-refractivity contribution is 7.20. The average molecular weight is 314 g/mol. The van der Waals surface area contributed by atoms with Crippen molar-refractivity contribution >= 4 is 27.3 Å². The van der Waals surface area contributed by atoms with E-state index in [0.29, 0.717) is 0 Å². The van der Waals surface area contributed by atoms with Gasteiger partial charge in [0.05, 0.1) is 4.88 Å². The molecule has 0 spiro atoms. The molecule has 1 saturated carbocycles.